The number of carbonyl (C=O) groups excluding carboxylic acids is 1. The highest BCUT2D eigenvalue weighted by atomic mass is 16.5. The third-order valence-corrected chi connectivity index (χ3v) is 5.53. The molecule has 0 fully saturated rings. The number of hydrogen-bond acceptors (Lipinski definition) is 4. The van der Waals surface area contributed by atoms with E-state index in [9.17, 15) is 9.59 Å². The van der Waals surface area contributed by atoms with E-state index in [1.165, 1.54) is 0 Å². The van der Waals surface area contributed by atoms with Gasteiger partial charge in [0.1, 0.15) is 5.75 Å². The molecular formula is C25H25NO4. The van der Waals surface area contributed by atoms with Gasteiger partial charge in [0.05, 0.1) is 19.3 Å². The molecule has 5 nitrogen and oxygen atoms in total. The number of aryl methyl sites for hydroxylation is 1. The molecular weight excluding hydrogens is 378 g/mol. The summed E-state index contributed by atoms with van der Waals surface area (Å²) in [7, 11) is 1.58. The Morgan fingerprint density at radius 3 is 2.57 bits per heavy atom. The van der Waals surface area contributed by atoms with Gasteiger partial charge in [-0.3, -0.25) is 4.79 Å². The number of fused-ring (bicyclic) bond motifs is 2. The molecule has 0 aliphatic heterocycles. The average Bonchev–Trinajstić information content (AvgIpc) is 2.75. The standard InChI is InChI=1S/C25H25NO4/c1-3-30-25(28)18-11-7-8-12-21-23(22(18)16-9-5-4-6-10-16)24(27)19-15-17(29-2)13-14-20(19)26-21/h4-6,9-10,13-15H,3,7-8,11-12H2,1-2H3,(H,26,27). The minimum atomic E-state index is -0.352. The molecule has 0 spiro atoms. The second kappa shape index (κ2) is 8.57. The Morgan fingerprint density at radius 1 is 1.07 bits per heavy atom. The summed E-state index contributed by atoms with van der Waals surface area (Å²) in [5.41, 5.74) is 4.18. The van der Waals surface area contributed by atoms with Gasteiger partial charge >= 0.3 is 5.97 Å². The molecule has 2 aromatic carbocycles. The highest BCUT2D eigenvalue weighted by Gasteiger charge is 2.26. The molecule has 1 heterocycles. The molecule has 30 heavy (non-hydrogen) atoms. The molecule has 1 aromatic heterocycles. The number of benzene rings is 2. The van der Waals surface area contributed by atoms with E-state index < -0.39 is 0 Å². The van der Waals surface area contributed by atoms with Gasteiger partial charge in [0.15, 0.2) is 5.43 Å². The molecule has 4 rings (SSSR count). The van der Waals surface area contributed by atoms with Crippen molar-refractivity contribution in [1.29, 1.82) is 0 Å². The van der Waals surface area contributed by atoms with Crippen LogP contribution in [0.5, 0.6) is 5.75 Å². The third kappa shape index (κ3) is 3.63. The van der Waals surface area contributed by atoms with Crippen LogP contribution in [0.25, 0.3) is 16.5 Å². The molecule has 0 radical (unpaired) electrons. The van der Waals surface area contributed by atoms with Gasteiger partial charge in [0, 0.05) is 27.7 Å². The Balaban J connectivity index is 2.10. The SMILES string of the molecule is CCOC(=O)C1=C(c2ccccc2)c2c([nH]c3ccc(OC)cc3c2=O)CCCC1. The molecule has 0 unspecified atom stereocenters. The molecule has 0 amide bonds. The molecule has 0 atom stereocenters. The van der Waals surface area contributed by atoms with E-state index in [1.54, 1.807) is 20.1 Å². The van der Waals surface area contributed by atoms with Crippen molar-refractivity contribution >= 4 is 22.4 Å². The molecule has 1 aliphatic carbocycles. The Bertz CT molecular complexity index is 1170. The number of pyridine rings is 1. The van der Waals surface area contributed by atoms with Gasteiger partial charge in [0.2, 0.25) is 0 Å². The summed E-state index contributed by atoms with van der Waals surface area (Å²) in [4.78, 5) is 30.1. The van der Waals surface area contributed by atoms with E-state index in [-0.39, 0.29) is 11.4 Å². The molecule has 0 saturated carbocycles. The maximum absolute atomic E-state index is 13.8. The second-order valence-electron chi connectivity index (χ2n) is 7.37. The van der Waals surface area contributed by atoms with Crippen LogP contribution >= 0.6 is 0 Å². The van der Waals surface area contributed by atoms with Crippen molar-refractivity contribution in [3.63, 3.8) is 0 Å². The number of aromatic amines is 1. The van der Waals surface area contributed by atoms with E-state index in [0.717, 1.165) is 36.0 Å². The van der Waals surface area contributed by atoms with Crippen molar-refractivity contribution in [3.05, 3.63) is 81.1 Å². The van der Waals surface area contributed by atoms with Gasteiger partial charge in [-0.1, -0.05) is 30.3 Å². The molecule has 3 aromatic rings. The lowest BCUT2D eigenvalue weighted by Crippen LogP contribution is -2.20. The van der Waals surface area contributed by atoms with Crippen molar-refractivity contribution in [3.8, 4) is 5.75 Å². The van der Waals surface area contributed by atoms with Crippen molar-refractivity contribution in [2.75, 3.05) is 13.7 Å². The minimum absolute atomic E-state index is 0.0970. The molecule has 0 saturated heterocycles. The zero-order valence-corrected chi connectivity index (χ0v) is 17.3. The van der Waals surface area contributed by atoms with Gasteiger partial charge < -0.3 is 14.5 Å². The van der Waals surface area contributed by atoms with Crippen LogP contribution in [0.2, 0.25) is 0 Å². The maximum atomic E-state index is 13.8. The first-order valence-corrected chi connectivity index (χ1v) is 10.3. The number of hydrogen-bond donors (Lipinski definition) is 1. The second-order valence-corrected chi connectivity index (χ2v) is 7.37. The zero-order chi connectivity index (χ0) is 21.1. The van der Waals surface area contributed by atoms with Crippen molar-refractivity contribution < 1.29 is 14.3 Å². The number of methoxy groups -OCH3 is 1. The van der Waals surface area contributed by atoms with Crippen LogP contribution in [0, 0.1) is 0 Å². The first-order valence-electron chi connectivity index (χ1n) is 10.3. The highest BCUT2D eigenvalue weighted by molar-refractivity contribution is 6.03. The number of esters is 1. The fourth-order valence-electron chi connectivity index (χ4n) is 4.12. The molecule has 1 N–H and O–H groups in total. The number of nitrogens with one attached hydrogen (secondary N) is 1. The summed E-state index contributed by atoms with van der Waals surface area (Å²) >= 11 is 0. The van der Waals surface area contributed by atoms with E-state index in [4.69, 9.17) is 9.47 Å². The van der Waals surface area contributed by atoms with E-state index in [2.05, 4.69) is 4.98 Å². The lowest BCUT2D eigenvalue weighted by molar-refractivity contribution is -0.138. The van der Waals surface area contributed by atoms with Gasteiger partial charge in [0.25, 0.3) is 0 Å². The molecule has 0 bridgehead atoms. The van der Waals surface area contributed by atoms with E-state index in [1.807, 2.05) is 42.5 Å². The van der Waals surface area contributed by atoms with Crippen LogP contribution in [-0.2, 0) is 16.0 Å². The predicted molar refractivity (Wildman–Crippen MR) is 118 cm³/mol. The lowest BCUT2D eigenvalue weighted by Gasteiger charge is -2.21. The zero-order valence-electron chi connectivity index (χ0n) is 17.3. The van der Waals surface area contributed by atoms with Gasteiger partial charge in [-0.2, -0.15) is 0 Å². The summed E-state index contributed by atoms with van der Waals surface area (Å²) < 4.78 is 10.7. The van der Waals surface area contributed by atoms with Crippen LogP contribution in [0.3, 0.4) is 0 Å². The van der Waals surface area contributed by atoms with Gasteiger partial charge in [-0.05, 0) is 56.4 Å². The highest BCUT2D eigenvalue weighted by Crippen LogP contribution is 2.34. The Hall–Kier alpha value is -3.34. The fourth-order valence-corrected chi connectivity index (χ4v) is 4.12. The summed E-state index contributed by atoms with van der Waals surface area (Å²) in [6, 6.07) is 15.1. The summed E-state index contributed by atoms with van der Waals surface area (Å²) in [6.45, 7) is 2.09. The summed E-state index contributed by atoms with van der Waals surface area (Å²) in [6.07, 6.45) is 3.07. The third-order valence-electron chi connectivity index (χ3n) is 5.53. The molecule has 154 valence electrons. The number of H-pyrrole nitrogens is 1. The van der Waals surface area contributed by atoms with Crippen LogP contribution < -0.4 is 10.2 Å². The number of rotatable bonds is 4. The smallest absolute Gasteiger partial charge is 0.334 e. The van der Waals surface area contributed by atoms with E-state index >= 15 is 0 Å². The van der Waals surface area contributed by atoms with Crippen LogP contribution in [0.1, 0.15) is 43.0 Å². The topological polar surface area (TPSA) is 68.4 Å². The summed E-state index contributed by atoms with van der Waals surface area (Å²) in [5.74, 6) is 0.268. The monoisotopic (exact) mass is 403 g/mol. The normalized spacial score (nSPS) is 14.1. The Labute approximate surface area is 175 Å². The first kappa shape index (κ1) is 20.0. The van der Waals surface area contributed by atoms with Crippen molar-refractivity contribution in [2.45, 2.75) is 32.6 Å². The van der Waals surface area contributed by atoms with Crippen LogP contribution in [0.4, 0.5) is 0 Å². The fraction of sp³-hybridized carbons (Fsp3) is 0.280. The number of aromatic nitrogens is 1. The molecule has 1 aliphatic rings. The Kier molecular flexibility index (Phi) is 5.70. The Morgan fingerprint density at radius 2 is 1.83 bits per heavy atom. The van der Waals surface area contributed by atoms with Gasteiger partial charge in [-0.25, -0.2) is 4.79 Å². The number of carbonyl (C=O) groups is 1. The maximum Gasteiger partial charge on any atom is 0.334 e. The van der Waals surface area contributed by atoms with Crippen molar-refractivity contribution in [1.82, 2.24) is 4.98 Å². The largest absolute Gasteiger partial charge is 0.497 e. The quantitative estimate of drug-likeness (QED) is 0.645. The first-order chi connectivity index (χ1) is 14.6. The molecule has 5 heteroatoms. The lowest BCUT2D eigenvalue weighted by atomic mass is 9.85. The summed E-state index contributed by atoms with van der Waals surface area (Å²) in [5, 5.41) is 0.547. The number of ether oxygens (including phenoxy) is 2. The van der Waals surface area contributed by atoms with Crippen LogP contribution in [-0.4, -0.2) is 24.7 Å². The predicted octanol–water partition coefficient (Wildman–Crippen LogP) is 4.63. The van der Waals surface area contributed by atoms with Crippen molar-refractivity contribution in [2.24, 2.45) is 0 Å². The van der Waals surface area contributed by atoms with Gasteiger partial charge in [-0.15, -0.1) is 0 Å². The van der Waals surface area contributed by atoms with E-state index in [0.29, 0.717) is 40.9 Å². The average molecular weight is 403 g/mol. The van der Waals surface area contributed by atoms with Crippen LogP contribution in [0.15, 0.2) is 58.9 Å². The minimum Gasteiger partial charge on any atom is -0.497 e.